The molecule has 1 atom stereocenters. The van der Waals surface area contributed by atoms with Crippen LogP contribution in [0.4, 0.5) is 11.6 Å². The normalized spacial score (nSPS) is 14.7. The van der Waals surface area contributed by atoms with Crippen molar-refractivity contribution in [2.75, 3.05) is 24.9 Å². The fraction of sp³-hybridized carbons (Fsp3) is 0.154. The van der Waals surface area contributed by atoms with Crippen LogP contribution in [0.2, 0.25) is 0 Å². The highest BCUT2D eigenvalue weighted by Crippen LogP contribution is 2.36. The van der Waals surface area contributed by atoms with E-state index in [1.807, 2.05) is 61.5 Å². The van der Waals surface area contributed by atoms with Crippen molar-refractivity contribution in [3.05, 3.63) is 89.9 Å². The third-order valence-electron chi connectivity index (χ3n) is 5.77. The minimum atomic E-state index is -0.582. The largest absolute Gasteiger partial charge is 0.497 e. The Balaban J connectivity index is 1.57. The van der Waals surface area contributed by atoms with Crippen LogP contribution in [0.5, 0.6) is 11.5 Å². The molecule has 1 aliphatic heterocycles. The smallest absolute Gasteiger partial charge is 0.256 e. The van der Waals surface area contributed by atoms with Crippen molar-refractivity contribution in [3.8, 4) is 22.9 Å². The summed E-state index contributed by atoms with van der Waals surface area (Å²) < 4.78 is 12.4. The highest BCUT2D eigenvalue weighted by atomic mass is 16.5. The van der Waals surface area contributed by atoms with E-state index in [0.29, 0.717) is 40.2 Å². The van der Waals surface area contributed by atoms with E-state index in [1.165, 1.54) is 0 Å². The molecule has 0 radical (unpaired) electrons. The highest BCUT2D eigenvalue weighted by molar-refractivity contribution is 6.06. The molecule has 0 aliphatic carbocycles. The van der Waals surface area contributed by atoms with Crippen LogP contribution >= 0.6 is 0 Å². The zero-order valence-electron chi connectivity index (χ0n) is 19.5. The molecule has 0 saturated carbocycles. The number of carbonyl (C=O) groups is 1. The summed E-state index contributed by atoms with van der Waals surface area (Å²) in [7, 11) is 3.19. The summed E-state index contributed by atoms with van der Waals surface area (Å²) in [6.45, 7) is 1.85. The van der Waals surface area contributed by atoms with Crippen LogP contribution in [0.25, 0.3) is 11.4 Å². The van der Waals surface area contributed by atoms with Crippen molar-refractivity contribution in [2.24, 2.45) is 0 Å². The van der Waals surface area contributed by atoms with Crippen LogP contribution < -0.4 is 20.1 Å². The SMILES string of the molecule is COc1ccc(-c2nc3n(n2)C(c2ccccn2)C(C(=O)Nc2ccccc2OC)=C(C)N3)cc1. The fourth-order valence-electron chi connectivity index (χ4n) is 4.06. The fourth-order valence-corrected chi connectivity index (χ4v) is 4.06. The zero-order valence-corrected chi connectivity index (χ0v) is 19.5. The summed E-state index contributed by atoms with van der Waals surface area (Å²) in [5.74, 6) is 2.07. The van der Waals surface area contributed by atoms with Gasteiger partial charge in [-0.3, -0.25) is 9.78 Å². The number of benzene rings is 2. The number of hydrogen-bond acceptors (Lipinski definition) is 7. The van der Waals surface area contributed by atoms with Crippen molar-refractivity contribution in [1.29, 1.82) is 0 Å². The van der Waals surface area contributed by atoms with Gasteiger partial charge in [0, 0.05) is 17.5 Å². The van der Waals surface area contributed by atoms with Crippen LogP contribution in [0.1, 0.15) is 18.7 Å². The molecular weight excluding hydrogens is 444 g/mol. The Morgan fingerprint density at radius 1 is 1.00 bits per heavy atom. The maximum absolute atomic E-state index is 13.6. The third kappa shape index (κ3) is 4.19. The molecule has 3 heterocycles. The lowest BCUT2D eigenvalue weighted by atomic mass is 9.98. The van der Waals surface area contributed by atoms with Crippen LogP contribution in [0, 0.1) is 0 Å². The molecule has 1 unspecified atom stereocenters. The van der Waals surface area contributed by atoms with Crippen LogP contribution in [-0.2, 0) is 4.79 Å². The molecule has 2 N–H and O–H groups in total. The third-order valence-corrected chi connectivity index (χ3v) is 5.77. The van der Waals surface area contributed by atoms with E-state index in [-0.39, 0.29) is 5.91 Å². The predicted molar refractivity (Wildman–Crippen MR) is 132 cm³/mol. The summed E-state index contributed by atoms with van der Waals surface area (Å²) in [6, 6.07) is 19.8. The quantitative estimate of drug-likeness (QED) is 0.435. The van der Waals surface area contributed by atoms with Gasteiger partial charge in [-0.05, 0) is 55.5 Å². The van der Waals surface area contributed by atoms with E-state index < -0.39 is 6.04 Å². The Kier molecular flexibility index (Phi) is 5.88. The topological polar surface area (TPSA) is 103 Å². The number of nitrogens with zero attached hydrogens (tertiary/aromatic N) is 4. The first kappa shape index (κ1) is 22.1. The monoisotopic (exact) mass is 468 g/mol. The molecule has 0 bridgehead atoms. The van der Waals surface area contributed by atoms with Gasteiger partial charge in [-0.25, -0.2) is 4.68 Å². The molecule has 176 valence electrons. The molecule has 0 spiro atoms. The number of fused-ring (bicyclic) bond motifs is 1. The van der Waals surface area contributed by atoms with Gasteiger partial charge in [-0.15, -0.1) is 5.10 Å². The number of methoxy groups -OCH3 is 2. The lowest BCUT2D eigenvalue weighted by Gasteiger charge is -2.28. The first-order valence-corrected chi connectivity index (χ1v) is 11.0. The summed E-state index contributed by atoms with van der Waals surface area (Å²) in [5, 5.41) is 11.0. The lowest BCUT2D eigenvalue weighted by Crippen LogP contribution is -2.32. The number of anilines is 2. The molecule has 1 aliphatic rings. The Hall–Kier alpha value is -4.66. The molecule has 2 aromatic heterocycles. The highest BCUT2D eigenvalue weighted by Gasteiger charge is 2.35. The molecule has 0 fully saturated rings. The van der Waals surface area contributed by atoms with Crippen molar-refractivity contribution >= 4 is 17.5 Å². The number of rotatable bonds is 6. The number of ether oxygens (including phenoxy) is 2. The molecule has 1 amide bonds. The van der Waals surface area contributed by atoms with Gasteiger partial charge in [0.1, 0.15) is 17.5 Å². The van der Waals surface area contributed by atoms with Gasteiger partial charge in [0.05, 0.1) is 31.2 Å². The summed E-state index contributed by atoms with van der Waals surface area (Å²) in [4.78, 5) is 22.9. The number of amides is 1. The molecule has 9 nitrogen and oxygen atoms in total. The molecular formula is C26H24N6O3. The van der Waals surface area contributed by atoms with Crippen molar-refractivity contribution in [3.63, 3.8) is 0 Å². The Bertz CT molecular complexity index is 1400. The van der Waals surface area contributed by atoms with E-state index in [1.54, 1.807) is 37.2 Å². The van der Waals surface area contributed by atoms with Gasteiger partial charge in [0.15, 0.2) is 5.82 Å². The van der Waals surface area contributed by atoms with Gasteiger partial charge < -0.3 is 20.1 Å². The molecule has 35 heavy (non-hydrogen) atoms. The van der Waals surface area contributed by atoms with E-state index in [2.05, 4.69) is 15.6 Å². The Labute approximate surface area is 202 Å². The average molecular weight is 469 g/mol. The maximum atomic E-state index is 13.6. The predicted octanol–water partition coefficient (Wildman–Crippen LogP) is 4.28. The maximum Gasteiger partial charge on any atom is 0.256 e. The first-order chi connectivity index (χ1) is 17.1. The van der Waals surface area contributed by atoms with E-state index in [4.69, 9.17) is 19.6 Å². The van der Waals surface area contributed by atoms with Crippen LogP contribution in [-0.4, -0.2) is 39.9 Å². The van der Waals surface area contributed by atoms with Crippen molar-refractivity contribution in [2.45, 2.75) is 13.0 Å². The second kappa shape index (κ2) is 9.30. The van der Waals surface area contributed by atoms with Crippen molar-refractivity contribution < 1.29 is 14.3 Å². The first-order valence-electron chi connectivity index (χ1n) is 11.0. The zero-order chi connectivity index (χ0) is 24.4. The Morgan fingerprint density at radius 2 is 1.77 bits per heavy atom. The molecule has 0 saturated heterocycles. The standard InChI is InChI=1S/C26H24N6O3/c1-16-22(25(33)29-19-8-4-5-10-21(19)35-3)23(20-9-6-7-15-27-20)32-26(28-16)30-24(31-32)17-11-13-18(34-2)14-12-17/h4-15,23H,1-3H3,(H,29,33)(H,28,30,31). The number of para-hydroxylation sites is 2. The average Bonchev–Trinajstić information content (AvgIpc) is 3.32. The summed E-state index contributed by atoms with van der Waals surface area (Å²) in [6.07, 6.45) is 1.70. The molecule has 5 rings (SSSR count). The minimum absolute atomic E-state index is 0.290. The Morgan fingerprint density at radius 3 is 2.49 bits per heavy atom. The molecule has 2 aromatic carbocycles. The number of pyridine rings is 1. The van der Waals surface area contributed by atoms with Gasteiger partial charge in [-0.1, -0.05) is 18.2 Å². The van der Waals surface area contributed by atoms with E-state index >= 15 is 0 Å². The second-order valence-electron chi connectivity index (χ2n) is 7.91. The number of aromatic nitrogens is 4. The van der Waals surface area contributed by atoms with Gasteiger partial charge in [0.2, 0.25) is 5.95 Å². The van der Waals surface area contributed by atoms with Gasteiger partial charge in [-0.2, -0.15) is 4.98 Å². The van der Waals surface area contributed by atoms with Crippen LogP contribution in [0.3, 0.4) is 0 Å². The number of allylic oxidation sites excluding steroid dienone is 1. The van der Waals surface area contributed by atoms with Crippen molar-refractivity contribution in [1.82, 2.24) is 19.7 Å². The lowest BCUT2D eigenvalue weighted by molar-refractivity contribution is -0.113. The van der Waals surface area contributed by atoms with Crippen LogP contribution in [0.15, 0.2) is 84.2 Å². The number of carbonyl (C=O) groups excluding carboxylic acids is 1. The number of nitrogens with one attached hydrogen (secondary N) is 2. The van der Waals surface area contributed by atoms with Gasteiger partial charge in [0.25, 0.3) is 5.91 Å². The van der Waals surface area contributed by atoms with E-state index in [0.717, 1.165) is 11.3 Å². The molecule has 4 aromatic rings. The minimum Gasteiger partial charge on any atom is -0.497 e. The summed E-state index contributed by atoms with van der Waals surface area (Å²) >= 11 is 0. The summed E-state index contributed by atoms with van der Waals surface area (Å²) in [5.41, 5.74) is 3.21. The van der Waals surface area contributed by atoms with E-state index in [9.17, 15) is 4.79 Å². The van der Waals surface area contributed by atoms with Gasteiger partial charge >= 0.3 is 0 Å². The molecule has 9 heteroatoms. The second-order valence-corrected chi connectivity index (χ2v) is 7.91. The number of hydrogen-bond donors (Lipinski definition) is 2.